The SMILES string of the molecule is CC[C@@H](C(=O)N[C@H](C)c1cc(C)ccc1C)N(c1cc(C)cc(C)c1)S(C)(=O)=O. The molecule has 1 N–H and O–H groups in total. The summed E-state index contributed by atoms with van der Waals surface area (Å²) in [6.45, 7) is 11.6. The van der Waals surface area contributed by atoms with Gasteiger partial charge in [-0.3, -0.25) is 9.10 Å². The second kappa shape index (κ2) is 8.99. The fourth-order valence-electron chi connectivity index (χ4n) is 3.75. The molecule has 0 heterocycles. The molecule has 0 aliphatic heterocycles. The van der Waals surface area contributed by atoms with E-state index in [0.717, 1.165) is 34.1 Å². The van der Waals surface area contributed by atoms with Crippen molar-refractivity contribution in [1.82, 2.24) is 5.32 Å². The highest BCUT2D eigenvalue weighted by atomic mass is 32.2. The van der Waals surface area contributed by atoms with Crippen LogP contribution in [0.1, 0.15) is 54.1 Å². The standard InChI is InChI=1S/C23H32N2O3S/c1-8-22(23(26)24-19(6)21-14-15(2)9-10-18(21)5)25(29(7,27)28)20-12-16(3)11-17(4)13-20/h9-14,19,22H,8H2,1-7H3,(H,24,26)/t19-,22+/m1/s1. The van der Waals surface area contributed by atoms with Crippen LogP contribution in [-0.2, 0) is 14.8 Å². The van der Waals surface area contributed by atoms with Crippen LogP contribution >= 0.6 is 0 Å². The summed E-state index contributed by atoms with van der Waals surface area (Å²) in [7, 11) is -3.65. The number of carbonyl (C=O) groups excluding carboxylic acids is 1. The van der Waals surface area contributed by atoms with E-state index in [1.165, 1.54) is 4.31 Å². The van der Waals surface area contributed by atoms with Gasteiger partial charge in [0.05, 0.1) is 18.0 Å². The molecule has 0 aromatic heterocycles. The van der Waals surface area contributed by atoms with Gasteiger partial charge in [0.2, 0.25) is 15.9 Å². The van der Waals surface area contributed by atoms with E-state index >= 15 is 0 Å². The number of amides is 1. The number of rotatable bonds is 7. The molecular weight excluding hydrogens is 384 g/mol. The third-order valence-electron chi connectivity index (χ3n) is 5.05. The average Bonchev–Trinajstić information content (AvgIpc) is 2.59. The van der Waals surface area contributed by atoms with Crippen LogP contribution in [0.3, 0.4) is 0 Å². The van der Waals surface area contributed by atoms with Gasteiger partial charge in [-0.1, -0.05) is 36.8 Å². The number of hydrogen-bond donors (Lipinski definition) is 1. The molecule has 0 radical (unpaired) electrons. The van der Waals surface area contributed by atoms with Crippen molar-refractivity contribution in [3.8, 4) is 0 Å². The highest BCUT2D eigenvalue weighted by molar-refractivity contribution is 7.92. The summed E-state index contributed by atoms with van der Waals surface area (Å²) < 4.78 is 26.6. The maximum absolute atomic E-state index is 13.2. The summed E-state index contributed by atoms with van der Waals surface area (Å²) in [6.07, 6.45) is 1.51. The first-order valence-electron chi connectivity index (χ1n) is 9.89. The number of sulfonamides is 1. The van der Waals surface area contributed by atoms with Gasteiger partial charge in [-0.25, -0.2) is 8.42 Å². The van der Waals surface area contributed by atoms with Gasteiger partial charge in [-0.15, -0.1) is 0 Å². The van der Waals surface area contributed by atoms with Gasteiger partial charge in [-0.2, -0.15) is 0 Å². The van der Waals surface area contributed by atoms with E-state index in [1.807, 2.05) is 59.7 Å². The molecule has 0 saturated carbocycles. The Hall–Kier alpha value is -2.34. The smallest absolute Gasteiger partial charge is 0.244 e. The Labute approximate surface area is 175 Å². The Balaban J connectivity index is 2.39. The maximum atomic E-state index is 13.2. The second-order valence-corrected chi connectivity index (χ2v) is 9.78. The molecule has 6 heteroatoms. The van der Waals surface area contributed by atoms with Gasteiger partial charge in [0.25, 0.3) is 0 Å². The van der Waals surface area contributed by atoms with Gasteiger partial charge in [0, 0.05) is 0 Å². The van der Waals surface area contributed by atoms with Crippen LogP contribution in [0.15, 0.2) is 36.4 Å². The predicted octanol–water partition coefficient (Wildman–Crippen LogP) is 4.34. The molecule has 0 fully saturated rings. The number of carbonyl (C=O) groups is 1. The number of nitrogens with one attached hydrogen (secondary N) is 1. The van der Waals surface area contributed by atoms with E-state index in [2.05, 4.69) is 11.4 Å². The van der Waals surface area contributed by atoms with Crippen LogP contribution in [0.25, 0.3) is 0 Å². The highest BCUT2D eigenvalue weighted by Crippen LogP contribution is 2.26. The van der Waals surface area contributed by atoms with E-state index in [0.29, 0.717) is 12.1 Å². The van der Waals surface area contributed by atoms with Crippen LogP contribution in [0.2, 0.25) is 0 Å². The van der Waals surface area contributed by atoms with Gasteiger partial charge in [0.15, 0.2) is 0 Å². The third kappa shape index (κ3) is 5.60. The summed E-state index contributed by atoms with van der Waals surface area (Å²) in [5, 5.41) is 3.02. The van der Waals surface area contributed by atoms with Crippen LogP contribution < -0.4 is 9.62 Å². The Kier molecular flexibility index (Phi) is 7.11. The lowest BCUT2D eigenvalue weighted by Gasteiger charge is -2.31. The van der Waals surface area contributed by atoms with Crippen molar-refractivity contribution < 1.29 is 13.2 Å². The molecule has 5 nitrogen and oxygen atoms in total. The molecule has 0 aliphatic rings. The molecule has 2 atom stereocenters. The molecular formula is C23H32N2O3S. The highest BCUT2D eigenvalue weighted by Gasteiger charge is 2.32. The molecule has 0 bridgehead atoms. The molecule has 29 heavy (non-hydrogen) atoms. The molecule has 2 rings (SSSR count). The van der Waals surface area contributed by atoms with E-state index in [-0.39, 0.29) is 11.9 Å². The van der Waals surface area contributed by atoms with Gasteiger partial charge in [-0.05, 0) is 75.4 Å². The summed E-state index contributed by atoms with van der Waals surface area (Å²) >= 11 is 0. The van der Waals surface area contributed by atoms with E-state index in [4.69, 9.17) is 0 Å². The molecule has 0 spiro atoms. The first kappa shape index (κ1) is 22.9. The maximum Gasteiger partial charge on any atom is 0.244 e. The van der Waals surface area contributed by atoms with Crippen molar-refractivity contribution in [1.29, 1.82) is 0 Å². The number of hydrogen-bond acceptors (Lipinski definition) is 3. The fraction of sp³-hybridized carbons (Fsp3) is 0.435. The van der Waals surface area contributed by atoms with Crippen LogP contribution in [0, 0.1) is 27.7 Å². The Morgan fingerprint density at radius 3 is 2.10 bits per heavy atom. The average molecular weight is 417 g/mol. The van der Waals surface area contributed by atoms with Crippen molar-refractivity contribution >= 4 is 21.6 Å². The second-order valence-electron chi connectivity index (χ2n) is 7.92. The Morgan fingerprint density at radius 1 is 1.00 bits per heavy atom. The zero-order chi connectivity index (χ0) is 21.9. The zero-order valence-electron chi connectivity index (χ0n) is 18.4. The van der Waals surface area contributed by atoms with Crippen LogP contribution in [-0.4, -0.2) is 26.6 Å². The minimum atomic E-state index is -3.65. The normalized spacial score (nSPS) is 13.6. The molecule has 2 aromatic carbocycles. The predicted molar refractivity (Wildman–Crippen MR) is 120 cm³/mol. The summed E-state index contributed by atoms with van der Waals surface area (Å²) in [5.74, 6) is -0.300. The minimum absolute atomic E-state index is 0.225. The van der Waals surface area contributed by atoms with Crippen molar-refractivity contribution in [2.24, 2.45) is 0 Å². The largest absolute Gasteiger partial charge is 0.348 e. The molecule has 0 saturated heterocycles. The van der Waals surface area contributed by atoms with E-state index in [9.17, 15) is 13.2 Å². The molecule has 2 aromatic rings. The molecule has 1 amide bonds. The van der Waals surface area contributed by atoms with Gasteiger partial charge in [0.1, 0.15) is 6.04 Å². The molecule has 0 unspecified atom stereocenters. The first-order valence-corrected chi connectivity index (χ1v) is 11.7. The Morgan fingerprint density at radius 2 is 1.59 bits per heavy atom. The lowest BCUT2D eigenvalue weighted by Crippen LogP contribution is -2.49. The van der Waals surface area contributed by atoms with E-state index in [1.54, 1.807) is 12.1 Å². The topological polar surface area (TPSA) is 66.5 Å². The van der Waals surface area contributed by atoms with Crippen molar-refractivity contribution in [3.63, 3.8) is 0 Å². The lowest BCUT2D eigenvalue weighted by atomic mass is 9.99. The minimum Gasteiger partial charge on any atom is -0.348 e. The number of anilines is 1. The van der Waals surface area contributed by atoms with Gasteiger partial charge >= 0.3 is 0 Å². The lowest BCUT2D eigenvalue weighted by molar-refractivity contribution is -0.122. The monoisotopic (exact) mass is 416 g/mol. The number of nitrogens with zero attached hydrogens (tertiary/aromatic N) is 1. The van der Waals surface area contributed by atoms with Crippen molar-refractivity contribution in [2.75, 3.05) is 10.6 Å². The fourth-order valence-corrected chi connectivity index (χ4v) is 4.95. The summed E-state index contributed by atoms with van der Waals surface area (Å²) in [4.78, 5) is 13.2. The molecule has 0 aliphatic carbocycles. The van der Waals surface area contributed by atoms with Crippen molar-refractivity contribution in [2.45, 2.75) is 60.0 Å². The Bertz CT molecular complexity index is 979. The zero-order valence-corrected chi connectivity index (χ0v) is 19.2. The quantitative estimate of drug-likeness (QED) is 0.730. The van der Waals surface area contributed by atoms with Crippen molar-refractivity contribution in [3.05, 3.63) is 64.2 Å². The van der Waals surface area contributed by atoms with Gasteiger partial charge < -0.3 is 5.32 Å². The molecule has 158 valence electrons. The van der Waals surface area contributed by atoms with Crippen LogP contribution in [0.4, 0.5) is 5.69 Å². The number of aryl methyl sites for hydroxylation is 4. The summed E-state index contributed by atoms with van der Waals surface area (Å²) in [6, 6.07) is 10.7. The summed E-state index contributed by atoms with van der Waals surface area (Å²) in [5.41, 5.74) is 5.66. The van der Waals surface area contributed by atoms with Crippen LogP contribution in [0.5, 0.6) is 0 Å². The first-order chi connectivity index (χ1) is 13.4. The number of benzene rings is 2. The third-order valence-corrected chi connectivity index (χ3v) is 6.23. The van der Waals surface area contributed by atoms with E-state index < -0.39 is 16.1 Å².